The Hall–Kier alpha value is -2.14. The van der Waals surface area contributed by atoms with Crippen molar-refractivity contribution in [1.29, 1.82) is 0 Å². The number of hydrogen-bond acceptors (Lipinski definition) is 5. The molecule has 0 N–H and O–H groups in total. The molecule has 0 fully saturated rings. The first-order valence-electron chi connectivity index (χ1n) is 6.51. The van der Waals surface area contributed by atoms with Gasteiger partial charge in [0.2, 0.25) is 6.79 Å². The number of benzene rings is 2. The van der Waals surface area contributed by atoms with Crippen LogP contribution in [0.3, 0.4) is 0 Å². The maximum atomic E-state index is 11.9. The minimum absolute atomic E-state index is 0.204. The van der Waals surface area contributed by atoms with Crippen LogP contribution in [0.15, 0.2) is 47.4 Å². The predicted octanol–water partition coefficient (Wildman–Crippen LogP) is 3.42. The fraction of sp³-hybridized carbons (Fsp3) is 0.188. The van der Waals surface area contributed by atoms with Gasteiger partial charge in [0.1, 0.15) is 5.75 Å². The average molecular weight is 302 g/mol. The van der Waals surface area contributed by atoms with Gasteiger partial charge < -0.3 is 14.2 Å². The lowest BCUT2D eigenvalue weighted by atomic mass is 10.2. The van der Waals surface area contributed by atoms with Gasteiger partial charge in [0, 0.05) is 11.0 Å². The molecule has 4 nitrogen and oxygen atoms in total. The lowest BCUT2D eigenvalue weighted by Crippen LogP contribution is -2.10. The van der Waals surface area contributed by atoms with Crippen molar-refractivity contribution >= 4 is 17.7 Å². The van der Waals surface area contributed by atoms with Gasteiger partial charge in [0.25, 0.3) is 0 Å². The molecule has 1 heterocycles. The summed E-state index contributed by atoms with van der Waals surface area (Å²) in [5.41, 5.74) is 1.15. The van der Waals surface area contributed by atoms with E-state index in [1.807, 2.05) is 31.2 Å². The molecule has 1 aliphatic rings. The Morgan fingerprint density at radius 2 is 2.00 bits per heavy atom. The van der Waals surface area contributed by atoms with Crippen LogP contribution >= 0.6 is 11.8 Å². The molecule has 21 heavy (non-hydrogen) atoms. The number of esters is 1. The first kappa shape index (κ1) is 13.8. The molecule has 2 aromatic carbocycles. The third-order valence-corrected chi connectivity index (χ3v) is 4.16. The summed E-state index contributed by atoms with van der Waals surface area (Å²) in [6, 6.07) is 13.0. The number of hydrogen-bond donors (Lipinski definition) is 0. The van der Waals surface area contributed by atoms with E-state index in [2.05, 4.69) is 0 Å². The normalized spacial score (nSPS) is 12.2. The van der Waals surface area contributed by atoms with E-state index in [-0.39, 0.29) is 18.5 Å². The van der Waals surface area contributed by atoms with Gasteiger partial charge in [0.05, 0.1) is 5.75 Å². The second-order valence-electron chi connectivity index (χ2n) is 4.54. The van der Waals surface area contributed by atoms with Crippen LogP contribution in [0.2, 0.25) is 0 Å². The lowest BCUT2D eigenvalue weighted by Gasteiger charge is -2.06. The molecule has 0 atom stereocenters. The van der Waals surface area contributed by atoms with Crippen molar-refractivity contribution in [2.24, 2.45) is 0 Å². The van der Waals surface area contributed by atoms with Gasteiger partial charge in [-0.05, 0) is 30.7 Å². The molecule has 0 radical (unpaired) electrons. The summed E-state index contributed by atoms with van der Waals surface area (Å²) >= 11 is 1.47. The highest BCUT2D eigenvalue weighted by Gasteiger charge is 2.15. The highest BCUT2D eigenvalue weighted by atomic mass is 32.2. The average Bonchev–Trinajstić information content (AvgIpc) is 2.94. The van der Waals surface area contributed by atoms with Crippen LogP contribution < -0.4 is 14.2 Å². The summed E-state index contributed by atoms with van der Waals surface area (Å²) < 4.78 is 15.8. The van der Waals surface area contributed by atoms with Gasteiger partial charge in [-0.2, -0.15) is 0 Å². The van der Waals surface area contributed by atoms with Crippen LogP contribution in [-0.2, 0) is 4.79 Å². The third kappa shape index (κ3) is 3.31. The molecule has 1 aliphatic heterocycles. The largest absolute Gasteiger partial charge is 0.454 e. The van der Waals surface area contributed by atoms with E-state index in [1.165, 1.54) is 11.8 Å². The molecular formula is C16H14O4S. The summed E-state index contributed by atoms with van der Waals surface area (Å²) in [6.07, 6.45) is 0. The fourth-order valence-electron chi connectivity index (χ4n) is 1.96. The van der Waals surface area contributed by atoms with Gasteiger partial charge in [-0.25, -0.2) is 0 Å². The SMILES string of the molecule is Cc1ccccc1SCC(=O)Oc1ccc2c(c1)OCO2. The first-order chi connectivity index (χ1) is 10.2. The van der Waals surface area contributed by atoms with Crippen LogP contribution in [0.5, 0.6) is 17.2 Å². The van der Waals surface area contributed by atoms with Crippen LogP contribution in [0.25, 0.3) is 0 Å². The number of fused-ring (bicyclic) bond motifs is 1. The van der Waals surface area contributed by atoms with Crippen molar-refractivity contribution in [2.75, 3.05) is 12.5 Å². The second-order valence-corrected chi connectivity index (χ2v) is 5.56. The van der Waals surface area contributed by atoms with Gasteiger partial charge in [-0.1, -0.05) is 18.2 Å². The van der Waals surface area contributed by atoms with Crippen molar-refractivity contribution in [1.82, 2.24) is 0 Å². The summed E-state index contributed by atoms with van der Waals surface area (Å²) in [6.45, 7) is 2.22. The van der Waals surface area contributed by atoms with Crippen LogP contribution in [0.1, 0.15) is 5.56 Å². The minimum Gasteiger partial charge on any atom is -0.454 e. The smallest absolute Gasteiger partial charge is 0.321 e. The zero-order valence-corrected chi connectivity index (χ0v) is 12.3. The Labute approximate surface area is 127 Å². The van der Waals surface area contributed by atoms with Gasteiger partial charge in [-0.3, -0.25) is 4.79 Å². The molecule has 108 valence electrons. The van der Waals surface area contributed by atoms with Crippen LogP contribution in [0, 0.1) is 6.92 Å². The first-order valence-corrected chi connectivity index (χ1v) is 7.50. The standard InChI is InChI=1S/C16H14O4S/c1-11-4-2-3-5-15(11)21-9-16(17)20-12-6-7-13-14(8-12)19-10-18-13/h2-8H,9-10H2,1H3. The minimum atomic E-state index is -0.290. The number of aryl methyl sites for hydroxylation is 1. The molecule has 0 saturated heterocycles. The van der Waals surface area contributed by atoms with Crippen molar-refractivity contribution in [2.45, 2.75) is 11.8 Å². The summed E-state index contributed by atoms with van der Waals surface area (Å²) in [7, 11) is 0. The lowest BCUT2D eigenvalue weighted by molar-refractivity contribution is -0.131. The number of rotatable bonds is 4. The predicted molar refractivity (Wildman–Crippen MR) is 80.1 cm³/mol. The van der Waals surface area contributed by atoms with Crippen LogP contribution in [-0.4, -0.2) is 18.5 Å². The molecule has 0 bridgehead atoms. The van der Waals surface area contributed by atoms with Crippen molar-refractivity contribution in [3.63, 3.8) is 0 Å². The number of thioether (sulfide) groups is 1. The molecule has 0 amide bonds. The molecule has 0 spiro atoms. The molecule has 2 aromatic rings. The fourth-order valence-corrected chi connectivity index (χ4v) is 2.76. The van der Waals surface area contributed by atoms with Crippen molar-refractivity contribution < 1.29 is 19.0 Å². The number of ether oxygens (including phenoxy) is 3. The molecule has 0 unspecified atom stereocenters. The van der Waals surface area contributed by atoms with E-state index < -0.39 is 0 Å². The van der Waals surface area contributed by atoms with E-state index in [0.717, 1.165) is 10.5 Å². The van der Waals surface area contributed by atoms with Crippen molar-refractivity contribution in [3.05, 3.63) is 48.0 Å². The number of carbonyl (C=O) groups is 1. The van der Waals surface area contributed by atoms with Crippen molar-refractivity contribution in [3.8, 4) is 17.2 Å². The Morgan fingerprint density at radius 1 is 1.19 bits per heavy atom. The Morgan fingerprint density at radius 3 is 2.86 bits per heavy atom. The van der Waals surface area contributed by atoms with E-state index in [4.69, 9.17) is 14.2 Å². The Balaban J connectivity index is 1.58. The zero-order chi connectivity index (χ0) is 14.7. The van der Waals surface area contributed by atoms with Gasteiger partial charge in [0.15, 0.2) is 11.5 Å². The summed E-state index contributed by atoms with van der Waals surface area (Å²) in [5.74, 6) is 1.71. The molecule has 0 saturated carbocycles. The van der Waals surface area contributed by atoms with Gasteiger partial charge >= 0.3 is 5.97 Å². The molecule has 0 aromatic heterocycles. The highest BCUT2D eigenvalue weighted by molar-refractivity contribution is 8.00. The Kier molecular flexibility index (Phi) is 4.01. The third-order valence-electron chi connectivity index (χ3n) is 3.01. The summed E-state index contributed by atoms with van der Waals surface area (Å²) in [4.78, 5) is 13.0. The van der Waals surface area contributed by atoms with Gasteiger partial charge in [-0.15, -0.1) is 11.8 Å². The topological polar surface area (TPSA) is 44.8 Å². The quantitative estimate of drug-likeness (QED) is 0.492. The maximum Gasteiger partial charge on any atom is 0.321 e. The number of carbonyl (C=O) groups excluding carboxylic acids is 1. The monoisotopic (exact) mass is 302 g/mol. The van der Waals surface area contributed by atoms with Crippen LogP contribution in [0.4, 0.5) is 0 Å². The molecular weight excluding hydrogens is 288 g/mol. The maximum absolute atomic E-state index is 11.9. The Bertz CT molecular complexity index is 669. The highest BCUT2D eigenvalue weighted by Crippen LogP contribution is 2.35. The molecule has 3 rings (SSSR count). The second kappa shape index (κ2) is 6.10. The van der Waals surface area contributed by atoms with E-state index in [1.54, 1.807) is 18.2 Å². The van der Waals surface area contributed by atoms with E-state index in [9.17, 15) is 4.79 Å². The zero-order valence-electron chi connectivity index (χ0n) is 11.5. The van der Waals surface area contributed by atoms with E-state index in [0.29, 0.717) is 17.2 Å². The molecule has 0 aliphatic carbocycles. The van der Waals surface area contributed by atoms with E-state index >= 15 is 0 Å². The summed E-state index contributed by atoms with van der Waals surface area (Å²) in [5, 5.41) is 0. The molecule has 5 heteroatoms.